The maximum Gasteiger partial charge on any atom is 0.225 e. The number of benzene rings is 1. The van der Waals surface area contributed by atoms with Crippen LogP contribution in [0.2, 0.25) is 0 Å². The van der Waals surface area contributed by atoms with E-state index in [4.69, 9.17) is 14.2 Å². The first kappa shape index (κ1) is 24.4. The van der Waals surface area contributed by atoms with Gasteiger partial charge in [0.1, 0.15) is 11.6 Å². The van der Waals surface area contributed by atoms with Crippen molar-refractivity contribution in [3.63, 3.8) is 0 Å². The van der Waals surface area contributed by atoms with Gasteiger partial charge in [0.15, 0.2) is 11.5 Å². The Morgan fingerprint density at radius 2 is 2.09 bits per heavy atom. The lowest BCUT2D eigenvalue weighted by Crippen LogP contribution is -2.43. The molecule has 9 heteroatoms. The van der Waals surface area contributed by atoms with Gasteiger partial charge >= 0.3 is 0 Å². The topological polar surface area (TPSA) is 84.4 Å². The molecule has 0 aliphatic carbocycles. The second-order valence-electron chi connectivity index (χ2n) is 8.03. The fourth-order valence-corrected chi connectivity index (χ4v) is 4.20. The Bertz CT molecular complexity index is 867. The van der Waals surface area contributed by atoms with E-state index in [1.165, 1.54) is 11.3 Å². The monoisotopic (exact) mass is 463 g/mol. The van der Waals surface area contributed by atoms with Crippen molar-refractivity contribution in [1.82, 2.24) is 14.8 Å². The molecular formula is C23H33N3O5S. The minimum absolute atomic E-state index is 0.0701. The highest BCUT2D eigenvalue weighted by molar-refractivity contribution is 7.09. The number of hydrogen-bond acceptors (Lipinski definition) is 8. The molecule has 0 atom stereocenters. The standard InChI is InChI=1S/C23H33N3O5S/c1-17(2)23(28)26(7-6-25-8-10-30-11-9-25)13-18-4-5-20(29-3)21(12-18)31-15-22-24-19(14-27)16-32-22/h4-5,12,16-17,27H,6-11,13-15H2,1-3H3. The minimum Gasteiger partial charge on any atom is -0.493 e. The number of aliphatic hydroxyl groups is 1. The van der Waals surface area contributed by atoms with Crippen molar-refractivity contribution in [2.24, 2.45) is 5.92 Å². The van der Waals surface area contributed by atoms with Crippen LogP contribution in [0.15, 0.2) is 23.6 Å². The van der Waals surface area contributed by atoms with Crippen LogP contribution in [0.1, 0.15) is 30.1 Å². The van der Waals surface area contributed by atoms with Gasteiger partial charge in [-0.3, -0.25) is 9.69 Å². The first-order valence-corrected chi connectivity index (χ1v) is 11.8. The number of amides is 1. The molecule has 1 N–H and O–H groups in total. The Labute approximate surface area is 193 Å². The molecule has 0 unspecified atom stereocenters. The molecule has 0 spiro atoms. The lowest BCUT2D eigenvalue weighted by molar-refractivity contribution is -0.135. The van der Waals surface area contributed by atoms with Gasteiger partial charge in [0, 0.05) is 44.0 Å². The summed E-state index contributed by atoms with van der Waals surface area (Å²) in [6.07, 6.45) is 0. The predicted octanol–water partition coefficient (Wildman–Crippen LogP) is 2.54. The number of aliphatic hydroxyl groups excluding tert-OH is 1. The Balaban J connectivity index is 1.68. The molecular weight excluding hydrogens is 430 g/mol. The molecule has 1 aliphatic heterocycles. The van der Waals surface area contributed by atoms with Gasteiger partial charge in [0.2, 0.25) is 5.91 Å². The minimum atomic E-state index is -0.0839. The van der Waals surface area contributed by atoms with Crippen molar-refractivity contribution in [2.75, 3.05) is 46.5 Å². The van der Waals surface area contributed by atoms with Crippen LogP contribution in [0.25, 0.3) is 0 Å². The number of nitrogens with zero attached hydrogens (tertiary/aromatic N) is 3. The van der Waals surface area contributed by atoms with E-state index in [0.29, 0.717) is 30.3 Å². The predicted molar refractivity (Wildman–Crippen MR) is 123 cm³/mol. The van der Waals surface area contributed by atoms with E-state index >= 15 is 0 Å². The number of carbonyl (C=O) groups excluding carboxylic acids is 1. The normalized spacial score (nSPS) is 14.5. The second kappa shape index (κ2) is 12.2. The molecule has 8 nitrogen and oxygen atoms in total. The number of aromatic nitrogens is 1. The third kappa shape index (κ3) is 6.90. The Morgan fingerprint density at radius 3 is 2.75 bits per heavy atom. The van der Waals surface area contributed by atoms with E-state index in [9.17, 15) is 9.90 Å². The van der Waals surface area contributed by atoms with Crippen molar-refractivity contribution in [3.8, 4) is 11.5 Å². The summed E-state index contributed by atoms with van der Waals surface area (Å²) in [7, 11) is 1.60. The number of rotatable bonds is 11. The molecule has 2 heterocycles. The summed E-state index contributed by atoms with van der Waals surface area (Å²) in [5, 5.41) is 11.8. The summed E-state index contributed by atoms with van der Waals surface area (Å²) in [4.78, 5) is 21.4. The lowest BCUT2D eigenvalue weighted by atomic mass is 10.1. The van der Waals surface area contributed by atoms with Crippen molar-refractivity contribution in [3.05, 3.63) is 39.8 Å². The van der Waals surface area contributed by atoms with E-state index in [1.54, 1.807) is 7.11 Å². The molecule has 176 valence electrons. The zero-order valence-corrected chi connectivity index (χ0v) is 19.9. The van der Waals surface area contributed by atoms with Crippen LogP contribution in [0, 0.1) is 5.92 Å². The molecule has 2 aromatic rings. The highest BCUT2D eigenvalue weighted by Gasteiger charge is 2.20. The molecule has 1 aliphatic rings. The number of morpholine rings is 1. The fraction of sp³-hybridized carbons (Fsp3) is 0.565. The number of thiazole rings is 1. The van der Waals surface area contributed by atoms with Gasteiger partial charge in [-0.2, -0.15) is 0 Å². The summed E-state index contributed by atoms with van der Waals surface area (Å²) >= 11 is 1.45. The van der Waals surface area contributed by atoms with Crippen LogP contribution in [0.4, 0.5) is 0 Å². The molecule has 1 saturated heterocycles. The van der Waals surface area contributed by atoms with Crippen LogP contribution >= 0.6 is 11.3 Å². The van der Waals surface area contributed by atoms with Crippen LogP contribution < -0.4 is 9.47 Å². The molecule has 1 amide bonds. The average molecular weight is 464 g/mol. The first-order valence-electron chi connectivity index (χ1n) is 10.9. The summed E-state index contributed by atoms with van der Waals surface area (Å²) in [5.41, 5.74) is 1.62. The molecule has 0 saturated carbocycles. The van der Waals surface area contributed by atoms with Gasteiger partial charge in [-0.05, 0) is 17.7 Å². The highest BCUT2D eigenvalue weighted by Crippen LogP contribution is 2.30. The number of ether oxygens (including phenoxy) is 3. The molecule has 1 fully saturated rings. The number of methoxy groups -OCH3 is 1. The zero-order valence-electron chi connectivity index (χ0n) is 19.1. The van der Waals surface area contributed by atoms with E-state index in [1.807, 2.05) is 42.3 Å². The smallest absolute Gasteiger partial charge is 0.225 e. The Hall–Kier alpha value is -2.20. The van der Waals surface area contributed by atoms with Gasteiger partial charge in [-0.15, -0.1) is 11.3 Å². The molecule has 0 radical (unpaired) electrons. The first-order chi connectivity index (χ1) is 15.5. The van der Waals surface area contributed by atoms with Gasteiger partial charge in [-0.1, -0.05) is 19.9 Å². The Morgan fingerprint density at radius 1 is 1.31 bits per heavy atom. The van der Waals surface area contributed by atoms with Crippen LogP contribution in [0.3, 0.4) is 0 Å². The Kier molecular flexibility index (Phi) is 9.28. The highest BCUT2D eigenvalue weighted by atomic mass is 32.1. The summed E-state index contributed by atoms with van der Waals surface area (Å²) in [5.74, 6) is 1.30. The lowest BCUT2D eigenvalue weighted by Gasteiger charge is -2.31. The SMILES string of the molecule is COc1ccc(CN(CCN2CCOCC2)C(=O)C(C)C)cc1OCc1nc(CO)cs1. The second-order valence-corrected chi connectivity index (χ2v) is 8.98. The van der Waals surface area contributed by atoms with E-state index < -0.39 is 0 Å². The molecule has 32 heavy (non-hydrogen) atoms. The fourth-order valence-electron chi connectivity index (χ4n) is 3.50. The average Bonchev–Trinajstić information content (AvgIpc) is 3.28. The number of hydrogen-bond donors (Lipinski definition) is 1. The van der Waals surface area contributed by atoms with Gasteiger partial charge in [0.25, 0.3) is 0 Å². The van der Waals surface area contributed by atoms with Gasteiger partial charge < -0.3 is 24.2 Å². The van der Waals surface area contributed by atoms with E-state index in [2.05, 4.69) is 9.88 Å². The van der Waals surface area contributed by atoms with Crippen molar-refractivity contribution in [1.29, 1.82) is 0 Å². The zero-order chi connectivity index (χ0) is 22.9. The largest absolute Gasteiger partial charge is 0.493 e. The van der Waals surface area contributed by atoms with E-state index in [-0.39, 0.29) is 25.0 Å². The molecule has 3 rings (SSSR count). The van der Waals surface area contributed by atoms with Crippen molar-refractivity contribution < 1.29 is 24.1 Å². The van der Waals surface area contributed by atoms with Crippen LogP contribution in [-0.2, 0) is 29.3 Å². The quantitative estimate of drug-likeness (QED) is 0.548. The van der Waals surface area contributed by atoms with Crippen molar-refractivity contribution in [2.45, 2.75) is 33.6 Å². The third-order valence-electron chi connectivity index (χ3n) is 5.31. The molecule has 0 bridgehead atoms. The van der Waals surface area contributed by atoms with E-state index in [0.717, 1.165) is 43.4 Å². The molecule has 1 aromatic carbocycles. The van der Waals surface area contributed by atoms with Crippen LogP contribution in [-0.4, -0.2) is 72.3 Å². The van der Waals surface area contributed by atoms with Gasteiger partial charge in [-0.25, -0.2) is 4.98 Å². The van der Waals surface area contributed by atoms with Gasteiger partial charge in [0.05, 0.1) is 32.6 Å². The van der Waals surface area contributed by atoms with Crippen LogP contribution in [0.5, 0.6) is 11.5 Å². The number of carbonyl (C=O) groups is 1. The maximum atomic E-state index is 12.9. The maximum absolute atomic E-state index is 12.9. The summed E-state index contributed by atoms with van der Waals surface area (Å²) < 4.78 is 16.8. The summed E-state index contributed by atoms with van der Waals surface area (Å²) in [6.45, 7) is 9.37. The summed E-state index contributed by atoms with van der Waals surface area (Å²) in [6, 6.07) is 5.76. The third-order valence-corrected chi connectivity index (χ3v) is 6.18. The molecule has 1 aromatic heterocycles. The van der Waals surface area contributed by atoms with Crippen molar-refractivity contribution >= 4 is 17.2 Å².